The van der Waals surface area contributed by atoms with Crippen molar-refractivity contribution in [3.05, 3.63) is 47.0 Å². The van der Waals surface area contributed by atoms with Crippen LogP contribution in [0.15, 0.2) is 36.4 Å². The molecule has 1 fully saturated rings. The first-order valence-electron chi connectivity index (χ1n) is 8.71. The number of aliphatic carboxylic acids is 1. The largest absolute Gasteiger partial charge is 0.481 e. The number of rotatable bonds is 5. The van der Waals surface area contributed by atoms with Crippen LogP contribution in [0.25, 0.3) is 0 Å². The van der Waals surface area contributed by atoms with E-state index in [-0.39, 0.29) is 5.92 Å². The number of carboxylic acids is 1. The van der Waals surface area contributed by atoms with Gasteiger partial charge < -0.3 is 20.1 Å². The predicted octanol–water partition coefficient (Wildman–Crippen LogP) is 2.90. The number of nitrogens with zero attached hydrogens (tertiary/aromatic N) is 3. The molecule has 7 nitrogen and oxygen atoms in total. The molecular formula is C19H23ClN4O3. The Bertz CT molecular complexity index is 747. The summed E-state index contributed by atoms with van der Waals surface area (Å²) in [6.07, 6.45) is 2.59. The van der Waals surface area contributed by atoms with Crippen LogP contribution in [0.5, 0.6) is 0 Å². The maximum atomic E-state index is 10.8. The van der Waals surface area contributed by atoms with Crippen LogP contribution in [0.1, 0.15) is 18.4 Å². The van der Waals surface area contributed by atoms with Crippen LogP contribution >= 0.6 is 11.6 Å². The number of carboxylic acid groups (broad SMARTS) is 1. The Morgan fingerprint density at radius 3 is 2.48 bits per heavy atom. The number of hydrogen-bond donors (Lipinski definition) is 2. The summed E-state index contributed by atoms with van der Waals surface area (Å²) in [6, 6.07) is 11.1. The van der Waals surface area contributed by atoms with Gasteiger partial charge in [-0.2, -0.15) is 0 Å². The molecule has 2 aromatic rings. The fourth-order valence-electron chi connectivity index (χ4n) is 2.74. The molecule has 8 heteroatoms. The second-order valence-corrected chi connectivity index (χ2v) is 6.50. The average molecular weight is 391 g/mol. The number of carbonyl (C=O) groups excluding carboxylic acids is 1. The first kappa shape index (κ1) is 20.6. The summed E-state index contributed by atoms with van der Waals surface area (Å²) in [5.41, 5.74) is 0.888. The van der Waals surface area contributed by atoms with E-state index in [1.807, 2.05) is 30.3 Å². The fourth-order valence-corrected chi connectivity index (χ4v) is 2.95. The van der Waals surface area contributed by atoms with Gasteiger partial charge in [-0.25, -0.2) is 0 Å². The summed E-state index contributed by atoms with van der Waals surface area (Å²) in [5, 5.41) is 20.6. The summed E-state index contributed by atoms with van der Waals surface area (Å²) in [4.78, 5) is 23.0. The van der Waals surface area contributed by atoms with E-state index in [2.05, 4.69) is 20.4 Å². The van der Waals surface area contributed by atoms with Crippen LogP contribution in [0.2, 0.25) is 5.02 Å². The maximum absolute atomic E-state index is 10.8. The lowest BCUT2D eigenvalue weighted by molar-refractivity contribution is -0.142. The lowest BCUT2D eigenvalue weighted by atomic mass is 9.97. The number of piperidine rings is 1. The lowest BCUT2D eigenvalue weighted by Crippen LogP contribution is -2.36. The third kappa shape index (κ3) is 6.21. The van der Waals surface area contributed by atoms with Crippen molar-refractivity contribution in [2.75, 3.05) is 30.4 Å². The van der Waals surface area contributed by atoms with Crippen LogP contribution in [0.4, 0.5) is 11.6 Å². The highest BCUT2D eigenvalue weighted by atomic mass is 35.5. The molecule has 0 aliphatic carbocycles. The zero-order valence-electron chi connectivity index (χ0n) is 15.1. The first-order valence-corrected chi connectivity index (χ1v) is 9.09. The minimum atomic E-state index is -0.693. The summed E-state index contributed by atoms with van der Waals surface area (Å²) >= 11 is 5.74. The molecule has 0 amide bonds. The second kappa shape index (κ2) is 10.5. The molecule has 0 bridgehead atoms. The van der Waals surface area contributed by atoms with Crippen molar-refractivity contribution in [2.45, 2.75) is 19.3 Å². The second-order valence-electron chi connectivity index (χ2n) is 6.09. The van der Waals surface area contributed by atoms with Gasteiger partial charge in [-0.1, -0.05) is 29.8 Å². The van der Waals surface area contributed by atoms with E-state index in [1.165, 1.54) is 0 Å². The van der Waals surface area contributed by atoms with E-state index in [0.717, 1.165) is 36.6 Å². The van der Waals surface area contributed by atoms with E-state index >= 15 is 0 Å². The SMILES string of the molecule is CNc1ccc(N2CCC(C(=O)O)CC2)nn1.O=CCc1ccccc1Cl. The normalized spacial score (nSPS) is 14.1. The Morgan fingerprint density at radius 2 is 1.96 bits per heavy atom. The summed E-state index contributed by atoms with van der Waals surface area (Å²) in [5.74, 6) is 0.638. The number of benzene rings is 1. The molecule has 0 unspecified atom stereocenters. The van der Waals surface area contributed by atoms with Crippen molar-refractivity contribution in [1.82, 2.24) is 10.2 Å². The number of aldehydes is 1. The van der Waals surface area contributed by atoms with Gasteiger partial charge in [-0.05, 0) is 36.6 Å². The maximum Gasteiger partial charge on any atom is 0.306 e. The number of carbonyl (C=O) groups is 2. The van der Waals surface area contributed by atoms with Gasteiger partial charge in [0.05, 0.1) is 5.92 Å². The number of halogens is 1. The molecular weight excluding hydrogens is 368 g/mol. The first-order chi connectivity index (χ1) is 13.0. The molecule has 2 heterocycles. The molecule has 1 saturated heterocycles. The van der Waals surface area contributed by atoms with Gasteiger partial charge in [-0.15, -0.1) is 10.2 Å². The van der Waals surface area contributed by atoms with Gasteiger partial charge in [-0.3, -0.25) is 4.79 Å². The molecule has 0 atom stereocenters. The van der Waals surface area contributed by atoms with Crippen LogP contribution in [-0.2, 0) is 16.0 Å². The van der Waals surface area contributed by atoms with E-state index < -0.39 is 5.97 Å². The molecule has 0 spiro atoms. The highest BCUT2D eigenvalue weighted by Gasteiger charge is 2.25. The average Bonchev–Trinajstić information content (AvgIpc) is 2.70. The van der Waals surface area contributed by atoms with E-state index in [4.69, 9.17) is 16.7 Å². The highest BCUT2D eigenvalue weighted by Crippen LogP contribution is 2.21. The van der Waals surface area contributed by atoms with E-state index in [9.17, 15) is 9.59 Å². The number of hydrogen-bond acceptors (Lipinski definition) is 6. The molecule has 144 valence electrons. The van der Waals surface area contributed by atoms with Gasteiger partial charge >= 0.3 is 5.97 Å². The summed E-state index contributed by atoms with van der Waals surface area (Å²) in [7, 11) is 1.79. The van der Waals surface area contributed by atoms with Crippen molar-refractivity contribution in [3.63, 3.8) is 0 Å². The van der Waals surface area contributed by atoms with Crippen LogP contribution in [-0.4, -0.2) is 47.7 Å². The molecule has 27 heavy (non-hydrogen) atoms. The fraction of sp³-hybridized carbons (Fsp3) is 0.368. The monoisotopic (exact) mass is 390 g/mol. The summed E-state index contributed by atoms with van der Waals surface area (Å²) < 4.78 is 0. The zero-order chi connectivity index (χ0) is 19.6. The van der Waals surface area contributed by atoms with Crippen LogP contribution < -0.4 is 10.2 Å². The molecule has 1 aromatic carbocycles. The van der Waals surface area contributed by atoms with Crippen molar-refractivity contribution in [2.24, 2.45) is 5.92 Å². The number of anilines is 2. The highest BCUT2D eigenvalue weighted by molar-refractivity contribution is 6.31. The Labute approximate surface area is 163 Å². The Hall–Kier alpha value is -2.67. The molecule has 2 N–H and O–H groups in total. The quantitative estimate of drug-likeness (QED) is 0.758. The van der Waals surface area contributed by atoms with E-state index in [1.54, 1.807) is 13.1 Å². The Kier molecular flexibility index (Phi) is 8.00. The lowest BCUT2D eigenvalue weighted by Gasteiger charge is -2.30. The van der Waals surface area contributed by atoms with E-state index in [0.29, 0.717) is 24.3 Å². The molecule has 1 aliphatic heterocycles. The molecule has 1 aliphatic rings. The minimum absolute atomic E-state index is 0.212. The Morgan fingerprint density at radius 1 is 1.26 bits per heavy atom. The van der Waals surface area contributed by atoms with Crippen molar-refractivity contribution < 1.29 is 14.7 Å². The van der Waals surface area contributed by atoms with Gasteiger partial charge in [0.15, 0.2) is 5.82 Å². The van der Waals surface area contributed by atoms with Crippen molar-refractivity contribution >= 4 is 35.5 Å². The summed E-state index contributed by atoms with van der Waals surface area (Å²) in [6.45, 7) is 1.45. The molecule has 0 radical (unpaired) electrons. The number of nitrogens with one attached hydrogen (secondary N) is 1. The van der Waals surface area contributed by atoms with Crippen molar-refractivity contribution in [1.29, 1.82) is 0 Å². The molecule has 3 rings (SSSR count). The van der Waals surface area contributed by atoms with Crippen LogP contribution in [0.3, 0.4) is 0 Å². The minimum Gasteiger partial charge on any atom is -0.481 e. The third-order valence-electron chi connectivity index (χ3n) is 4.34. The number of aromatic nitrogens is 2. The third-order valence-corrected chi connectivity index (χ3v) is 4.70. The van der Waals surface area contributed by atoms with Gasteiger partial charge in [0.2, 0.25) is 0 Å². The van der Waals surface area contributed by atoms with Crippen molar-refractivity contribution in [3.8, 4) is 0 Å². The smallest absolute Gasteiger partial charge is 0.306 e. The predicted molar refractivity (Wildman–Crippen MR) is 105 cm³/mol. The molecule has 0 saturated carbocycles. The zero-order valence-corrected chi connectivity index (χ0v) is 15.9. The Balaban J connectivity index is 0.000000223. The van der Waals surface area contributed by atoms with Gasteiger partial charge in [0.25, 0.3) is 0 Å². The van der Waals surface area contributed by atoms with Gasteiger partial charge in [0, 0.05) is 31.6 Å². The topological polar surface area (TPSA) is 95.4 Å². The van der Waals surface area contributed by atoms with Gasteiger partial charge in [0.1, 0.15) is 12.1 Å². The van der Waals surface area contributed by atoms with Crippen LogP contribution in [0, 0.1) is 5.92 Å². The standard InChI is InChI=1S/C11H16N4O2.C8H7ClO/c1-12-9-2-3-10(14-13-9)15-6-4-8(5-7-15)11(16)17;9-8-4-2-1-3-7(8)5-6-10/h2-3,8H,4-7H2,1H3,(H,12,13)(H,16,17);1-4,6H,5H2. The molecule has 1 aromatic heterocycles.